The first-order valence-electron chi connectivity index (χ1n) is 13.3. The average Bonchev–Trinajstić information content (AvgIpc) is 2.94. The number of hydrogen-bond donors (Lipinski definition) is 2. The van der Waals surface area contributed by atoms with Gasteiger partial charge in [-0.1, -0.05) is 21.6 Å². The van der Waals surface area contributed by atoms with Crippen LogP contribution in [0.15, 0.2) is 48.5 Å². The maximum atomic E-state index is 12.0. The zero-order valence-electron chi connectivity index (χ0n) is 24.3. The number of benzene rings is 2. The van der Waals surface area contributed by atoms with E-state index in [2.05, 4.69) is 0 Å². The topological polar surface area (TPSA) is 146 Å². The van der Waals surface area contributed by atoms with E-state index in [0.29, 0.717) is 34.1 Å². The molecule has 2 aromatic carbocycles. The van der Waals surface area contributed by atoms with Gasteiger partial charge in [-0.05, 0) is 76.2 Å². The van der Waals surface area contributed by atoms with Crippen LogP contribution in [0.4, 0.5) is 0 Å². The van der Waals surface area contributed by atoms with E-state index >= 15 is 0 Å². The summed E-state index contributed by atoms with van der Waals surface area (Å²) < 4.78 is 21.3. The van der Waals surface area contributed by atoms with Crippen molar-refractivity contribution in [1.29, 1.82) is 0 Å². The van der Waals surface area contributed by atoms with Crippen LogP contribution in [0.3, 0.4) is 0 Å². The van der Waals surface area contributed by atoms with Gasteiger partial charge in [0.1, 0.15) is 49.1 Å². The molecule has 0 saturated carbocycles. The van der Waals surface area contributed by atoms with Crippen molar-refractivity contribution < 1.29 is 48.3 Å². The normalized spacial score (nSPS) is 11.5. The van der Waals surface area contributed by atoms with E-state index in [-0.39, 0.29) is 62.8 Å². The summed E-state index contributed by atoms with van der Waals surface area (Å²) in [5, 5.41) is 19.6. The summed E-state index contributed by atoms with van der Waals surface area (Å²) in [4.78, 5) is 47.8. The molecular weight excluding hydrogens is 584 g/mol. The lowest BCUT2D eigenvalue weighted by Gasteiger charge is -2.15. The molecule has 0 radical (unpaired) electrons. The molecule has 0 aliphatic carbocycles. The van der Waals surface area contributed by atoms with Crippen molar-refractivity contribution in [1.82, 2.24) is 0 Å². The summed E-state index contributed by atoms with van der Waals surface area (Å²) in [6.07, 6.45) is 0.445. The van der Waals surface area contributed by atoms with Gasteiger partial charge in [0.15, 0.2) is 11.6 Å². The molecule has 2 aromatic rings. The minimum absolute atomic E-state index is 0.0869. The Morgan fingerprint density at radius 2 is 0.929 bits per heavy atom. The molecule has 12 heteroatoms. The minimum Gasteiger partial charge on any atom is -0.490 e. The highest BCUT2D eigenvalue weighted by Gasteiger charge is 2.25. The number of ether oxygens (including phenoxy) is 4. The van der Waals surface area contributed by atoms with Gasteiger partial charge in [0.25, 0.3) is 0 Å². The second-order valence-corrected chi connectivity index (χ2v) is 12.8. The van der Waals surface area contributed by atoms with Gasteiger partial charge in [0, 0.05) is 22.6 Å². The van der Waals surface area contributed by atoms with Crippen LogP contribution in [0.2, 0.25) is 0 Å². The van der Waals surface area contributed by atoms with Crippen molar-refractivity contribution >= 4 is 45.1 Å². The number of ketones is 2. The molecule has 10 nitrogen and oxygen atoms in total. The van der Waals surface area contributed by atoms with Crippen molar-refractivity contribution in [2.24, 2.45) is 0 Å². The molecule has 0 heterocycles. The van der Waals surface area contributed by atoms with Gasteiger partial charge < -0.3 is 29.2 Å². The monoisotopic (exact) mass is 622 g/mol. The highest BCUT2D eigenvalue weighted by molar-refractivity contribution is 8.76. The number of carbonyl (C=O) groups is 4. The predicted molar refractivity (Wildman–Crippen MR) is 161 cm³/mol. The number of rotatable bonds is 19. The molecule has 0 atom stereocenters. The predicted octanol–water partition coefficient (Wildman–Crippen LogP) is 4.30. The lowest BCUT2D eigenvalue weighted by atomic mass is 9.97. The van der Waals surface area contributed by atoms with Gasteiger partial charge in [-0.2, -0.15) is 0 Å². The molecule has 0 aliphatic heterocycles. The molecule has 0 unspecified atom stereocenters. The first-order chi connectivity index (χ1) is 19.8. The van der Waals surface area contributed by atoms with Crippen LogP contribution in [-0.2, 0) is 19.1 Å². The lowest BCUT2D eigenvalue weighted by molar-refractivity contribution is -0.144. The van der Waals surface area contributed by atoms with Gasteiger partial charge >= 0.3 is 11.9 Å². The standard InChI is InChI=1S/C30H38O10S2/c1-29(2,35)27(33)21-5-9-23(10-6-21)37-15-17-39-25(31)13-19-41-42-20-14-26(32)40-18-16-38-24-11-7-22(8-12-24)28(34)30(3,4)36/h5-12,35-36H,13-20H2,1-4H3. The molecule has 0 aliphatic rings. The molecule has 2 rings (SSSR count). The molecule has 0 bridgehead atoms. The Morgan fingerprint density at radius 3 is 1.24 bits per heavy atom. The summed E-state index contributed by atoms with van der Waals surface area (Å²) >= 11 is 0. The molecule has 0 saturated heterocycles. The highest BCUT2D eigenvalue weighted by Crippen LogP contribution is 2.23. The second-order valence-electron chi connectivity index (χ2n) is 10.1. The van der Waals surface area contributed by atoms with Crippen LogP contribution in [0, 0.1) is 0 Å². The van der Waals surface area contributed by atoms with Crippen molar-refractivity contribution in [3.05, 3.63) is 59.7 Å². The third-order valence-corrected chi connectivity index (χ3v) is 7.85. The average molecular weight is 623 g/mol. The number of esters is 2. The molecule has 0 aromatic heterocycles. The van der Waals surface area contributed by atoms with Crippen LogP contribution in [0.25, 0.3) is 0 Å². The van der Waals surface area contributed by atoms with Gasteiger partial charge in [-0.25, -0.2) is 0 Å². The van der Waals surface area contributed by atoms with Crippen LogP contribution >= 0.6 is 21.6 Å². The summed E-state index contributed by atoms with van der Waals surface area (Å²) in [7, 11) is 2.92. The Hall–Kier alpha value is -3.06. The Balaban J connectivity index is 1.46. The van der Waals surface area contributed by atoms with E-state index in [1.165, 1.54) is 49.3 Å². The van der Waals surface area contributed by atoms with E-state index in [1.807, 2.05) is 0 Å². The third-order valence-electron chi connectivity index (χ3n) is 5.44. The van der Waals surface area contributed by atoms with Crippen LogP contribution in [0.5, 0.6) is 11.5 Å². The Labute approximate surface area is 253 Å². The number of Topliss-reactive ketones (excluding diaryl/α,β-unsaturated/α-hetero) is 2. The fraction of sp³-hybridized carbons (Fsp3) is 0.467. The fourth-order valence-corrected chi connectivity index (χ4v) is 5.20. The van der Waals surface area contributed by atoms with E-state index in [0.717, 1.165) is 0 Å². The summed E-state index contributed by atoms with van der Waals surface area (Å²) in [6.45, 7) is 6.22. The molecule has 0 fully saturated rings. The first kappa shape index (κ1) is 35.1. The molecule has 0 amide bonds. The molecular formula is C30H38O10S2. The van der Waals surface area contributed by atoms with Crippen molar-refractivity contribution in [3.63, 3.8) is 0 Å². The first-order valence-corrected chi connectivity index (χ1v) is 15.8. The zero-order chi connectivity index (χ0) is 31.2. The van der Waals surface area contributed by atoms with Gasteiger partial charge in [-0.3, -0.25) is 19.2 Å². The zero-order valence-corrected chi connectivity index (χ0v) is 25.9. The Bertz CT molecular complexity index is 1070. The van der Waals surface area contributed by atoms with E-state index in [9.17, 15) is 29.4 Å². The Kier molecular flexibility index (Phi) is 14.3. The van der Waals surface area contributed by atoms with Crippen molar-refractivity contribution in [3.8, 4) is 11.5 Å². The van der Waals surface area contributed by atoms with E-state index in [1.54, 1.807) is 48.5 Å². The summed E-state index contributed by atoms with van der Waals surface area (Å²) in [5.74, 6) is 0.628. The summed E-state index contributed by atoms with van der Waals surface area (Å²) in [5.41, 5.74) is -2.14. The number of hydrogen-bond acceptors (Lipinski definition) is 12. The smallest absolute Gasteiger partial charge is 0.306 e. The third kappa shape index (κ3) is 13.3. The van der Waals surface area contributed by atoms with Crippen molar-refractivity contribution in [2.75, 3.05) is 37.9 Å². The Morgan fingerprint density at radius 1 is 0.595 bits per heavy atom. The molecule has 0 spiro atoms. The summed E-state index contributed by atoms with van der Waals surface area (Å²) in [6, 6.07) is 12.7. The van der Waals surface area contributed by atoms with Crippen LogP contribution < -0.4 is 9.47 Å². The van der Waals surface area contributed by atoms with Gasteiger partial charge in [0.2, 0.25) is 0 Å². The van der Waals surface area contributed by atoms with Crippen LogP contribution in [-0.4, -0.2) is 82.9 Å². The maximum Gasteiger partial charge on any atom is 0.306 e. The number of aliphatic hydroxyl groups is 2. The van der Waals surface area contributed by atoms with Crippen molar-refractivity contribution in [2.45, 2.75) is 51.7 Å². The largest absolute Gasteiger partial charge is 0.490 e. The molecule has 42 heavy (non-hydrogen) atoms. The van der Waals surface area contributed by atoms with Gasteiger partial charge in [0.05, 0.1) is 12.8 Å². The van der Waals surface area contributed by atoms with E-state index < -0.39 is 11.2 Å². The lowest BCUT2D eigenvalue weighted by Crippen LogP contribution is -2.30. The maximum absolute atomic E-state index is 12.0. The quantitative estimate of drug-likeness (QED) is 0.0997. The van der Waals surface area contributed by atoms with Gasteiger partial charge in [-0.15, -0.1) is 0 Å². The fourth-order valence-electron chi connectivity index (χ4n) is 3.25. The minimum atomic E-state index is -1.45. The second kappa shape index (κ2) is 17.2. The highest BCUT2D eigenvalue weighted by atomic mass is 33.1. The SMILES string of the molecule is CC(C)(O)C(=O)c1ccc(OCCOC(=O)CCSSCCC(=O)OCCOc2ccc(C(=O)C(C)(C)O)cc2)cc1. The van der Waals surface area contributed by atoms with Crippen LogP contribution in [0.1, 0.15) is 61.3 Å². The molecule has 230 valence electrons. The van der Waals surface area contributed by atoms with E-state index in [4.69, 9.17) is 18.9 Å². The molecule has 2 N–H and O–H groups in total. The number of carbonyl (C=O) groups excluding carboxylic acids is 4.